The summed E-state index contributed by atoms with van der Waals surface area (Å²) in [5, 5.41) is 8.83. The second-order valence-electron chi connectivity index (χ2n) is 4.49. The van der Waals surface area contributed by atoms with Crippen LogP contribution in [0.15, 0.2) is 24.3 Å². The van der Waals surface area contributed by atoms with Crippen LogP contribution in [-0.2, 0) is 10.0 Å². The van der Waals surface area contributed by atoms with Gasteiger partial charge in [0.15, 0.2) is 5.69 Å². The maximum atomic E-state index is 13.5. The van der Waals surface area contributed by atoms with Crippen molar-refractivity contribution in [1.29, 1.82) is 0 Å². The number of rotatable bonds is 4. The lowest BCUT2D eigenvalue weighted by Gasteiger charge is -2.08. The van der Waals surface area contributed by atoms with Crippen LogP contribution < -0.4 is 10.0 Å². The van der Waals surface area contributed by atoms with Crippen molar-refractivity contribution in [2.24, 2.45) is 0 Å². The van der Waals surface area contributed by atoms with Crippen LogP contribution in [0.4, 0.5) is 15.8 Å². The van der Waals surface area contributed by atoms with Crippen molar-refractivity contribution >= 4 is 27.3 Å². The summed E-state index contributed by atoms with van der Waals surface area (Å²) in [7, 11) is -3.53. The van der Waals surface area contributed by atoms with Gasteiger partial charge in [-0.05, 0) is 31.2 Å². The molecular weight excluding hydrogens is 299 g/mol. The Balaban J connectivity index is 2.22. The molecule has 0 saturated heterocycles. The first-order chi connectivity index (χ1) is 9.73. The molecule has 0 aliphatic heterocycles. The molecule has 0 atom stereocenters. The summed E-state index contributed by atoms with van der Waals surface area (Å²) in [6.07, 6.45) is 0.947. The van der Waals surface area contributed by atoms with Crippen molar-refractivity contribution in [2.45, 2.75) is 6.92 Å². The summed E-state index contributed by atoms with van der Waals surface area (Å²) >= 11 is 0. The monoisotopic (exact) mass is 312 g/mol. The molecule has 0 fully saturated rings. The number of hydrogen-bond acceptors (Lipinski definition) is 4. The highest BCUT2D eigenvalue weighted by Gasteiger charge is 2.11. The van der Waals surface area contributed by atoms with E-state index >= 15 is 0 Å². The molecule has 3 N–H and O–H groups in total. The van der Waals surface area contributed by atoms with Crippen LogP contribution in [0.1, 0.15) is 16.2 Å². The average Bonchev–Trinajstić information content (AvgIpc) is 2.72. The maximum absolute atomic E-state index is 13.5. The number of aromatic amines is 1. The Bertz CT molecular complexity index is 786. The van der Waals surface area contributed by atoms with Gasteiger partial charge in [-0.1, -0.05) is 0 Å². The standard InChI is InChI=1S/C12H13FN4O3S/c1-7-3-11(16-15-7)12(18)14-9-4-8(13)5-10(6-9)17-21(2,19)20/h3-6,17H,1-2H3,(H,14,18)(H,15,16). The van der Waals surface area contributed by atoms with E-state index in [2.05, 4.69) is 20.2 Å². The number of amides is 1. The molecule has 1 heterocycles. The highest BCUT2D eigenvalue weighted by atomic mass is 32.2. The van der Waals surface area contributed by atoms with Gasteiger partial charge < -0.3 is 5.32 Å². The summed E-state index contributed by atoms with van der Waals surface area (Å²) in [5.74, 6) is -1.22. The lowest BCUT2D eigenvalue weighted by molar-refractivity contribution is 0.102. The third kappa shape index (κ3) is 4.28. The molecular formula is C12H13FN4O3S. The number of aromatic nitrogens is 2. The van der Waals surface area contributed by atoms with Crippen molar-refractivity contribution < 1.29 is 17.6 Å². The quantitative estimate of drug-likeness (QED) is 0.795. The van der Waals surface area contributed by atoms with E-state index in [-0.39, 0.29) is 17.1 Å². The Hall–Kier alpha value is -2.42. The predicted octanol–water partition coefficient (Wildman–Crippen LogP) is 1.48. The molecule has 1 aromatic carbocycles. The van der Waals surface area contributed by atoms with E-state index < -0.39 is 21.7 Å². The maximum Gasteiger partial charge on any atom is 0.276 e. The SMILES string of the molecule is Cc1cc(C(=O)Nc2cc(F)cc(NS(C)(=O)=O)c2)n[nH]1. The number of anilines is 2. The summed E-state index contributed by atoms with van der Waals surface area (Å²) in [6, 6.07) is 4.92. The lowest BCUT2D eigenvalue weighted by Crippen LogP contribution is -2.14. The molecule has 0 bridgehead atoms. The van der Waals surface area contributed by atoms with Crippen molar-refractivity contribution in [1.82, 2.24) is 10.2 Å². The molecule has 21 heavy (non-hydrogen) atoms. The summed E-state index contributed by atoms with van der Waals surface area (Å²) in [5.41, 5.74) is 0.992. The fraction of sp³-hybridized carbons (Fsp3) is 0.167. The van der Waals surface area contributed by atoms with Gasteiger partial charge >= 0.3 is 0 Å². The Kier molecular flexibility index (Phi) is 3.94. The summed E-state index contributed by atoms with van der Waals surface area (Å²) < 4.78 is 37.9. The Labute approximate surface area is 120 Å². The van der Waals surface area contributed by atoms with Crippen molar-refractivity contribution in [3.8, 4) is 0 Å². The van der Waals surface area contributed by atoms with Crippen molar-refractivity contribution in [2.75, 3.05) is 16.3 Å². The summed E-state index contributed by atoms with van der Waals surface area (Å²) in [4.78, 5) is 11.9. The molecule has 0 spiro atoms. The van der Waals surface area contributed by atoms with Gasteiger partial charge in [-0.15, -0.1) is 0 Å². The highest BCUT2D eigenvalue weighted by Crippen LogP contribution is 2.19. The molecule has 1 amide bonds. The number of carbonyl (C=O) groups is 1. The van der Waals surface area contributed by atoms with E-state index in [4.69, 9.17) is 0 Å². The first-order valence-corrected chi connectivity index (χ1v) is 7.74. The Morgan fingerprint density at radius 3 is 2.48 bits per heavy atom. The lowest BCUT2D eigenvalue weighted by atomic mass is 10.2. The molecule has 0 aliphatic rings. The normalized spacial score (nSPS) is 11.2. The van der Waals surface area contributed by atoms with Crippen LogP contribution in [0.3, 0.4) is 0 Å². The molecule has 2 aromatic rings. The number of H-pyrrole nitrogens is 1. The molecule has 0 radical (unpaired) electrons. The number of nitrogens with one attached hydrogen (secondary N) is 3. The topological polar surface area (TPSA) is 104 Å². The Morgan fingerprint density at radius 1 is 1.24 bits per heavy atom. The highest BCUT2D eigenvalue weighted by molar-refractivity contribution is 7.92. The van der Waals surface area contributed by atoms with E-state index in [0.29, 0.717) is 5.69 Å². The van der Waals surface area contributed by atoms with E-state index in [1.807, 2.05) is 0 Å². The smallest absolute Gasteiger partial charge is 0.276 e. The van der Waals surface area contributed by atoms with Crippen LogP contribution >= 0.6 is 0 Å². The largest absolute Gasteiger partial charge is 0.320 e. The molecule has 1 aromatic heterocycles. The van der Waals surface area contributed by atoms with Gasteiger partial charge in [0.25, 0.3) is 5.91 Å². The number of nitrogens with zero attached hydrogens (tertiary/aromatic N) is 1. The van der Waals surface area contributed by atoms with Gasteiger partial charge in [0.05, 0.1) is 11.9 Å². The molecule has 9 heteroatoms. The van der Waals surface area contributed by atoms with Gasteiger partial charge in [-0.3, -0.25) is 14.6 Å². The number of halogens is 1. The minimum Gasteiger partial charge on any atom is -0.320 e. The van der Waals surface area contributed by atoms with Gasteiger partial charge in [-0.2, -0.15) is 5.10 Å². The van der Waals surface area contributed by atoms with E-state index in [0.717, 1.165) is 18.4 Å². The minimum absolute atomic E-state index is 0.0195. The third-order valence-electron chi connectivity index (χ3n) is 2.40. The van der Waals surface area contributed by atoms with Gasteiger partial charge in [0.2, 0.25) is 10.0 Å². The minimum atomic E-state index is -3.53. The zero-order valence-electron chi connectivity index (χ0n) is 11.3. The second-order valence-corrected chi connectivity index (χ2v) is 6.24. The third-order valence-corrected chi connectivity index (χ3v) is 3.00. The molecule has 112 valence electrons. The molecule has 2 rings (SSSR count). The van der Waals surface area contributed by atoms with Crippen molar-refractivity contribution in [3.05, 3.63) is 41.5 Å². The van der Waals surface area contributed by atoms with Crippen LogP contribution in [0, 0.1) is 12.7 Å². The molecule has 0 saturated carbocycles. The zero-order chi connectivity index (χ0) is 15.6. The van der Waals surface area contributed by atoms with E-state index in [1.54, 1.807) is 6.92 Å². The number of carbonyl (C=O) groups excluding carboxylic acids is 1. The first kappa shape index (κ1) is 15.0. The fourth-order valence-electron chi connectivity index (χ4n) is 1.66. The van der Waals surface area contributed by atoms with Crippen LogP contribution in [-0.4, -0.2) is 30.8 Å². The van der Waals surface area contributed by atoms with Gasteiger partial charge in [0, 0.05) is 11.4 Å². The molecule has 7 nitrogen and oxygen atoms in total. The van der Waals surface area contributed by atoms with Crippen LogP contribution in [0.2, 0.25) is 0 Å². The average molecular weight is 312 g/mol. The number of benzene rings is 1. The van der Waals surface area contributed by atoms with Gasteiger partial charge in [0.1, 0.15) is 5.82 Å². The van der Waals surface area contributed by atoms with Gasteiger partial charge in [-0.25, -0.2) is 12.8 Å². The second kappa shape index (κ2) is 5.52. The van der Waals surface area contributed by atoms with E-state index in [1.165, 1.54) is 12.1 Å². The predicted molar refractivity (Wildman–Crippen MR) is 76.1 cm³/mol. The molecule has 0 unspecified atom stereocenters. The fourth-order valence-corrected chi connectivity index (χ4v) is 2.21. The molecule has 0 aliphatic carbocycles. The van der Waals surface area contributed by atoms with Crippen LogP contribution in [0.5, 0.6) is 0 Å². The van der Waals surface area contributed by atoms with Crippen molar-refractivity contribution in [3.63, 3.8) is 0 Å². The van der Waals surface area contributed by atoms with Crippen LogP contribution in [0.25, 0.3) is 0 Å². The number of aryl methyl sites for hydroxylation is 1. The number of sulfonamides is 1. The number of hydrogen-bond donors (Lipinski definition) is 3. The summed E-state index contributed by atoms with van der Waals surface area (Å²) in [6.45, 7) is 1.74. The van der Waals surface area contributed by atoms with E-state index in [9.17, 15) is 17.6 Å². The Morgan fingerprint density at radius 2 is 1.90 bits per heavy atom. The zero-order valence-corrected chi connectivity index (χ0v) is 12.1. The first-order valence-electron chi connectivity index (χ1n) is 5.85.